The number of piperidine rings is 1. The van der Waals surface area contributed by atoms with E-state index in [0.29, 0.717) is 12.1 Å². The van der Waals surface area contributed by atoms with E-state index in [4.69, 9.17) is 4.42 Å². The van der Waals surface area contributed by atoms with Crippen LogP contribution in [0.2, 0.25) is 0 Å². The molecule has 0 aliphatic carbocycles. The van der Waals surface area contributed by atoms with E-state index in [1.54, 1.807) is 6.26 Å². The van der Waals surface area contributed by atoms with E-state index < -0.39 is 0 Å². The van der Waals surface area contributed by atoms with E-state index in [1.807, 2.05) is 0 Å². The third kappa shape index (κ3) is 2.59. The zero-order valence-electron chi connectivity index (χ0n) is 12.3. The summed E-state index contributed by atoms with van der Waals surface area (Å²) in [5, 5.41) is 0. The van der Waals surface area contributed by atoms with E-state index in [9.17, 15) is 0 Å². The first-order valence-corrected chi connectivity index (χ1v) is 7.55. The topological polar surface area (TPSA) is 45.4 Å². The second kappa shape index (κ2) is 5.24. The summed E-state index contributed by atoms with van der Waals surface area (Å²) in [5.41, 5.74) is 3.32. The standard InChI is InChI=1S/C16H20N4O/c1-12-3-2-4-13(18-12)6-19-8-15-5-16(9-19)20(15)7-14-10-21-11-17-14/h2-4,10-11,15-16H,5-9H2,1H3. The largest absolute Gasteiger partial charge is 0.451 e. The molecule has 3 saturated heterocycles. The molecule has 2 unspecified atom stereocenters. The fourth-order valence-corrected chi connectivity index (χ4v) is 3.58. The molecule has 110 valence electrons. The maximum absolute atomic E-state index is 5.06. The van der Waals surface area contributed by atoms with Crippen molar-refractivity contribution < 1.29 is 4.42 Å². The minimum atomic E-state index is 0.658. The van der Waals surface area contributed by atoms with Gasteiger partial charge in [-0.05, 0) is 25.5 Å². The predicted molar refractivity (Wildman–Crippen MR) is 78.5 cm³/mol. The van der Waals surface area contributed by atoms with Crippen LogP contribution in [0.5, 0.6) is 0 Å². The lowest BCUT2D eigenvalue weighted by atomic mass is 9.87. The van der Waals surface area contributed by atoms with Crippen molar-refractivity contribution in [1.29, 1.82) is 0 Å². The van der Waals surface area contributed by atoms with Crippen LogP contribution in [0, 0.1) is 6.92 Å². The zero-order chi connectivity index (χ0) is 14.2. The molecule has 2 bridgehead atoms. The normalized spacial score (nSPS) is 25.8. The van der Waals surface area contributed by atoms with E-state index in [0.717, 1.165) is 37.6 Å². The summed E-state index contributed by atoms with van der Waals surface area (Å²) >= 11 is 0. The van der Waals surface area contributed by atoms with Gasteiger partial charge in [0.15, 0.2) is 6.39 Å². The molecule has 21 heavy (non-hydrogen) atoms. The molecule has 0 amide bonds. The monoisotopic (exact) mass is 284 g/mol. The van der Waals surface area contributed by atoms with Gasteiger partial charge in [0, 0.05) is 44.0 Å². The first kappa shape index (κ1) is 13.0. The Morgan fingerprint density at radius 1 is 1.19 bits per heavy atom. The van der Waals surface area contributed by atoms with E-state index in [-0.39, 0.29) is 0 Å². The van der Waals surface area contributed by atoms with Crippen LogP contribution in [0.25, 0.3) is 0 Å². The average molecular weight is 284 g/mol. The van der Waals surface area contributed by atoms with Crippen molar-refractivity contribution in [1.82, 2.24) is 19.8 Å². The molecular weight excluding hydrogens is 264 g/mol. The van der Waals surface area contributed by atoms with Gasteiger partial charge in [0.05, 0.1) is 11.4 Å². The molecule has 3 fully saturated rings. The van der Waals surface area contributed by atoms with Gasteiger partial charge < -0.3 is 4.42 Å². The van der Waals surface area contributed by atoms with E-state index in [1.165, 1.54) is 18.5 Å². The summed E-state index contributed by atoms with van der Waals surface area (Å²) in [6, 6.07) is 7.59. The Balaban J connectivity index is 1.36. The van der Waals surface area contributed by atoms with Gasteiger partial charge in [-0.3, -0.25) is 14.8 Å². The summed E-state index contributed by atoms with van der Waals surface area (Å²) < 4.78 is 5.06. The molecule has 5 heteroatoms. The number of rotatable bonds is 4. The van der Waals surface area contributed by atoms with Gasteiger partial charge in [-0.2, -0.15) is 0 Å². The zero-order valence-corrected chi connectivity index (χ0v) is 12.3. The van der Waals surface area contributed by atoms with Crippen molar-refractivity contribution in [2.24, 2.45) is 0 Å². The lowest BCUT2D eigenvalue weighted by Crippen LogP contribution is -2.67. The van der Waals surface area contributed by atoms with Gasteiger partial charge in [0.2, 0.25) is 0 Å². The third-order valence-corrected chi connectivity index (χ3v) is 4.58. The second-order valence-electron chi connectivity index (χ2n) is 6.16. The number of hydrogen-bond donors (Lipinski definition) is 0. The molecule has 0 saturated carbocycles. The molecule has 2 aromatic heterocycles. The van der Waals surface area contributed by atoms with Crippen LogP contribution in [0.4, 0.5) is 0 Å². The quantitative estimate of drug-likeness (QED) is 0.857. The highest BCUT2D eigenvalue weighted by molar-refractivity contribution is 5.11. The molecule has 5 nitrogen and oxygen atoms in total. The Morgan fingerprint density at radius 2 is 2.05 bits per heavy atom. The Morgan fingerprint density at radius 3 is 2.76 bits per heavy atom. The Labute approximate surface area is 124 Å². The number of oxazole rings is 1. The Kier molecular flexibility index (Phi) is 3.24. The lowest BCUT2D eigenvalue weighted by molar-refractivity contribution is -0.0783. The van der Waals surface area contributed by atoms with Gasteiger partial charge in [-0.25, -0.2) is 4.98 Å². The maximum Gasteiger partial charge on any atom is 0.180 e. The molecule has 0 aromatic carbocycles. The van der Waals surface area contributed by atoms with Crippen LogP contribution in [0.1, 0.15) is 23.5 Å². The van der Waals surface area contributed by atoms with Crippen molar-refractivity contribution in [3.63, 3.8) is 0 Å². The lowest BCUT2D eigenvalue weighted by Gasteiger charge is -2.56. The van der Waals surface area contributed by atoms with Crippen molar-refractivity contribution >= 4 is 0 Å². The summed E-state index contributed by atoms with van der Waals surface area (Å²) in [6.07, 6.45) is 4.58. The number of hydrogen-bond acceptors (Lipinski definition) is 5. The highest BCUT2D eigenvalue weighted by Gasteiger charge is 2.44. The van der Waals surface area contributed by atoms with Crippen LogP contribution < -0.4 is 0 Å². The molecule has 5 rings (SSSR count). The van der Waals surface area contributed by atoms with Crippen LogP contribution in [0.3, 0.4) is 0 Å². The summed E-state index contributed by atoms with van der Waals surface area (Å²) in [7, 11) is 0. The van der Waals surface area contributed by atoms with E-state index >= 15 is 0 Å². The van der Waals surface area contributed by atoms with Crippen LogP contribution in [-0.2, 0) is 13.1 Å². The Bertz CT molecular complexity index is 600. The molecule has 0 spiro atoms. The van der Waals surface area contributed by atoms with Gasteiger partial charge in [0.1, 0.15) is 6.26 Å². The van der Waals surface area contributed by atoms with Crippen molar-refractivity contribution in [2.75, 3.05) is 13.1 Å². The summed E-state index contributed by atoms with van der Waals surface area (Å²) in [5.74, 6) is 0. The molecule has 3 aliphatic rings. The van der Waals surface area contributed by atoms with Crippen molar-refractivity contribution in [3.05, 3.63) is 47.9 Å². The highest BCUT2D eigenvalue weighted by Crippen LogP contribution is 2.33. The summed E-state index contributed by atoms with van der Waals surface area (Å²) in [6.45, 7) is 6.19. The number of piperazine rings is 1. The minimum absolute atomic E-state index is 0.658. The number of nitrogens with zero attached hydrogens (tertiary/aromatic N) is 4. The van der Waals surface area contributed by atoms with Gasteiger partial charge in [-0.15, -0.1) is 0 Å². The fraction of sp³-hybridized carbons (Fsp3) is 0.500. The molecule has 0 N–H and O–H groups in total. The van der Waals surface area contributed by atoms with Crippen molar-refractivity contribution in [3.8, 4) is 0 Å². The van der Waals surface area contributed by atoms with Gasteiger partial charge in [0.25, 0.3) is 0 Å². The first-order valence-electron chi connectivity index (χ1n) is 7.55. The predicted octanol–water partition coefficient (Wildman–Crippen LogP) is 1.84. The first-order chi connectivity index (χ1) is 10.3. The SMILES string of the molecule is Cc1cccc(CN2CC3CC(C2)N3Cc2cocn2)n1. The Hall–Kier alpha value is -1.72. The number of aryl methyl sites for hydroxylation is 1. The van der Waals surface area contributed by atoms with Crippen LogP contribution in [-0.4, -0.2) is 44.9 Å². The molecular formula is C16H20N4O. The van der Waals surface area contributed by atoms with Crippen molar-refractivity contribution in [2.45, 2.75) is 38.5 Å². The van der Waals surface area contributed by atoms with E-state index in [2.05, 4.69) is 44.9 Å². The van der Waals surface area contributed by atoms with Gasteiger partial charge >= 0.3 is 0 Å². The summed E-state index contributed by atoms with van der Waals surface area (Å²) in [4.78, 5) is 13.9. The number of fused-ring (bicyclic) bond motifs is 2. The fourth-order valence-electron chi connectivity index (χ4n) is 3.58. The second-order valence-corrected chi connectivity index (χ2v) is 6.16. The van der Waals surface area contributed by atoms with Gasteiger partial charge in [-0.1, -0.05) is 6.07 Å². The van der Waals surface area contributed by atoms with Crippen LogP contribution in [0.15, 0.2) is 35.3 Å². The minimum Gasteiger partial charge on any atom is -0.451 e. The smallest absolute Gasteiger partial charge is 0.180 e. The maximum atomic E-state index is 5.06. The molecule has 5 heterocycles. The molecule has 3 aliphatic heterocycles. The highest BCUT2D eigenvalue weighted by atomic mass is 16.3. The third-order valence-electron chi connectivity index (χ3n) is 4.58. The average Bonchev–Trinajstić information content (AvgIpc) is 2.98. The molecule has 2 atom stereocenters. The number of aromatic nitrogens is 2. The number of pyridine rings is 1. The molecule has 2 aromatic rings. The molecule has 0 radical (unpaired) electrons. The van der Waals surface area contributed by atoms with Crippen LogP contribution >= 0.6 is 0 Å².